The molecule has 2 heterocycles. The molecule has 0 aliphatic carbocycles. The zero-order chi connectivity index (χ0) is 21.1. The Hall–Kier alpha value is -3.10. The maximum absolute atomic E-state index is 12.7. The Morgan fingerprint density at radius 2 is 1.90 bits per heavy atom. The number of ether oxygens (including phenoxy) is 1. The smallest absolute Gasteiger partial charge is 0.257 e. The van der Waals surface area contributed by atoms with E-state index in [2.05, 4.69) is 15.0 Å². The number of rotatable bonds is 5. The molecule has 0 spiro atoms. The molecule has 0 saturated carbocycles. The standard InChI is InChI=1S/C21H21ClN4O4/c1-29-16-6-7-17(18(27)12-16)21(28)26-10-8-25(9-11-26)13-19-23-20(24-30-19)14-2-4-15(22)5-3-14/h2-7,12,27H,8-11,13H2,1H3. The molecule has 1 aliphatic rings. The van der Waals surface area contributed by atoms with Gasteiger partial charge >= 0.3 is 0 Å². The predicted molar refractivity (Wildman–Crippen MR) is 111 cm³/mol. The maximum atomic E-state index is 12.7. The number of hydrogen-bond donors (Lipinski definition) is 1. The first-order valence-corrected chi connectivity index (χ1v) is 9.88. The van der Waals surface area contributed by atoms with Crippen LogP contribution < -0.4 is 4.74 Å². The van der Waals surface area contributed by atoms with Gasteiger partial charge in [-0.05, 0) is 36.4 Å². The van der Waals surface area contributed by atoms with Gasteiger partial charge in [0.25, 0.3) is 5.91 Å². The number of hydrogen-bond acceptors (Lipinski definition) is 7. The number of halogens is 1. The van der Waals surface area contributed by atoms with Gasteiger partial charge in [0.15, 0.2) is 0 Å². The lowest BCUT2D eigenvalue weighted by molar-refractivity contribution is 0.0612. The van der Waals surface area contributed by atoms with E-state index in [1.165, 1.54) is 13.2 Å². The van der Waals surface area contributed by atoms with E-state index in [1.54, 1.807) is 29.2 Å². The van der Waals surface area contributed by atoms with Crippen molar-refractivity contribution >= 4 is 17.5 Å². The number of amides is 1. The highest BCUT2D eigenvalue weighted by Crippen LogP contribution is 2.25. The van der Waals surface area contributed by atoms with Crippen molar-refractivity contribution in [1.82, 2.24) is 19.9 Å². The van der Waals surface area contributed by atoms with Gasteiger partial charge in [0.05, 0.1) is 19.2 Å². The molecule has 1 fully saturated rings. The van der Waals surface area contributed by atoms with E-state index < -0.39 is 0 Å². The lowest BCUT2D eigenvalue weighted by atomic mass is 10.1. The molecule has 156 valence electrons. The van der Waals surface area contributed by atoms with Crippen LogP contribution in [0.25, 0.3) is 11.4 Å². The van der Waals surface area contributed by atoms with E-state index in [9.17, 15) is 9.90 Å². The van der Waals surface area contributed by atoms with Crippen molar-refractivity contribution in [1.29, 1.82) is 0 Å². The summed E-state index contributed by atoms with van der Waals surface area (Å²) in [7, 11) is 1.51. The Balaban J connectivity index is 1.34. The number of carbonyl (C=O) groups is 1. The van der Waals surface area contributed by atoms with Gasteiger partial charge in [0.1, 0.15) is 11.5 Å². The molecule has 2 aromatic carbocycles. The first-order valence-electron chi connectivity index (χ1n) is 9.50. The molecular weight excluding hydrogens is 408 g/mol. The molecule has 1 saturated heterocycles. The number of aromatic hydroxyl groups is 1. The van der Waals surface area contributed by atoms with Crippen LogP contribution in [0.3, 0.4) is 0 Å². The summed E-state index contributed by atoms with van der Waals surface area (Å²) in [5, 5.41) is 14.8. The van der Waals surface area contributed by atoms with Crippen LogP contribution in [0.5, 0.6) is 11.5 Å². The van der Waals surface area contributed by atoms with Crippen LogP contribution in [0.4, 0.5) is 0 Å². The van der Waals surface area contributed by atoms with Crippen molar-refractivity contribution in [2.75, 3.05) is 33.3 Å². The molecule has 3 aromatic rings. The van der Waals surface area contributed by atoms with Crippen molar-refractivity contribution in [2.45, 2.75) is 6.54 Å². The Labute approximate surface area is 178 Å². The zero-order valence-corrected chi connectivity index (χ0v) is 17.2. The Bertz CT molecular complexity index is 1030. The summed E-state index contributed by atoms with van der Waals surface area (Å²) in [6.45, 7) is 2.93. The quantitative estimate of drug-likeness (QED) is 0.667. The third-order valence-corrected chi connectivity index (χ3v) is 5.28. The molecule has 0 radical (unpaired) electrons. The topological polar surface area (TPSA) is 91.9 Å². The monoisotopic (exact) mass is 428 g/mol. The van der Waals surface area contributed by atoms with Crippen molar-refractivity contribution in [3.8, 4) is 22.9 Å². The second-order valence-electron chi connectivity index (χ2n) is 6.97. The molecule has 0 atom stereocenters. The minimum Gasteiger partial charge on any atom is -0.507 e. The maximum Gasteiger partial charge on any atom is 0.257 e. The van der Waals surface area contributed by atoms with Gasteiger partial charge in [-0.25, -0.2) is 0 Å². The summed E-state index contributed by atoms with van der Waals surface area (Å²) in [4.78, 5) is 21.0. The fraction of sp³-hybridized carbons (Fsp3) is 0.286. The van der Waals surface area contributed by atoms with E-state index in [0.29, 0.717) is 55.2 Å². The zero-order valence-electron chi connectivity index (χ0n) is 16.4. The average Bonchev–Trinajstić information content (AvgIpc) is 3.22. The van der Waals surface area contributed by atoms with Crippen molar-refractivity contribution < 1.29 is 19.2 Å². The molecule has 4 rings (SSSR count). The molecule has 1 N–H and O–H groups in total. The van der Waals surface area contributed by atoms with Gasteiger partial charge in [-0.3, -0.25) is 9.69 Å². The number of phenolic OH excluding ortho intramolecular Hbond substituents is 1. The molecule has 9 heteroatoms. The Morgan fingerprint density at radius 1 is 1.17 bits per heavy atom. The SMILES string of the molecule is COc1ccc(C(=O)N2CCN(Cc3nc(-c4ccc(Cl)cc4)no3)CC2)c(O)c1. The first kappa shape index (κ1) is 20.2. The minimum atomic E-state index is -0.197. The van der Waals surface area contributed by atoms with Crippen molar-refractivity contribution in [3.05, 3.63) is 58.9 Å². The average molecular weight is 429 g/mol. The van der Waals surface area contributed by atoms with E-state index in [0.717, 1.165) is 5.56 Å². The molecule has 8 nitrogen and oxygen atoms in total. The highest BCUT2D eigenvalue weighted by Gasteiger charge is 2.25. The van der Waals surface area contributed by atoms with Crippen LogP contribution in [0, 0.1) is 0 Å². The van der Waals surface area contributed by atoms with E-state index in [4.69, 9.17) is 20.9 Å². The number of nitrogens with zero attached hydrogens (tertiary/aromatic N) is 4. The number of aromatic nitrogens is 2. The lowest BCUT2D eigenvalue weighted by Gasteiger charge is -2.34. The van der Waals surface area contributed by atoms with E-state index >= 15 is 0 Å². The summed E-state index contributed by atoms with van der Waals surface area (Å²) in [5.41, 5.74) is 1.11. The van der Waals surface area contributed by atoms with Gasteiger partial charge in [0, 0.05) is 42.8 Å². The highest BCUT2D eigenvalue weighted by atomic mass is 35.5. The fourth-order valence-electron chi connectivity index (χ4n) is 3.33. The van der Waals surface area contributed by atoms with Crippen LogP contribution >= 0.6 is 11.6 Å². The lowest BCUT2D eigenvalue weighted by Crippen LogP contribution is -2.48. The number of carbonyl (C=O) groups excluding carboxylic acids is 1. The summed E-state index contributed by atoms with van der Waals surface area (Å²) >= 11 is 5.91. The number of phenols is 1. The van der Waals surface area contributed by atoms with Gasteiger partial charge < -0.3 is 19.3 Å². The second-order valence-corrected chi connectivity index (χ2v) is 7.41. The molecule has 1 amide bonds. The van der Waals surface area contributed by atoms with Crippen LogP contribution in [-0.2, 0) is 6.54 Å². The summed E-state index contributed by atoms with van der Waals surface area (Å²) in [5.74, 6) is 1.27. The summed E-state index contributed by atoms with van der Waals surface area (Å²) < 4.78 is 10.4. The van der Waals surface area contributed by atoms with E-state index in [1.807, 2.05) is 12.1 Å². The Morgan fingerprint density at radius 3 is 2.57 bits per heavy atom. The van der Waals surface area contributed by atoms with Gasteiger partial charge in [0.2, 0.25) is 11.7 Å². The second kappa shape index (κ2) is 8.73. The largest absolute Gasteiger partial charge is 0.507 e. The number of piperazine rings is 1. The Kier molecular flexibility index (Phi) is 5.87. The molecule has 1 aromatic heterocycles. The summed E-state index contributed by atoms with van der Waals surface area (Å²) in [6, 6.07) is 11.9. The molecule has 30 heavy (non-hydrogen) atoms. The molecule has 1 aliphatic heterocycles. The molecule has 0 unspecified atom stereocenters. The van der Waals surface area contributed by atoms with Crippen LogP contribution in [-0.4, -0.2) is 64.2 Å². The van der Waals surface area contributed by atoms with E-state index in [-0.39, 0.29) is 17.2 Å². The van der Waals surface area contributed by atoms with Gasteiger partial charge in [-0.15, -0.1) is 0 Å². The first-order chi connectivity index (χ1) is 14.5. The molecule has 0 bridgehead atoms. The normalized spacial score (nSPS) is 14.7. The number of methoxy groups -OCH3 is 1. The minimum absolute atomic E-state index is 0.0811. The van der Waals surface area contributed by atoms with Gasteiger partial charge in [-0.2, -0.15) is 4.98 Å². The van der Waals surface area contributed by atoms with Crippen LogP contribution in [0.1, 0.15) is 16.2 Å². The predicted octanol–water partition coefficient (Wildman–Crippen LogP) is 3.06. The summed E-state index contributed by atoms with van der Waals surface area (Å²) in [6.07, 6.45) is 0. The third kappa shape index (κ3) is 4.39. The molecular formula is C21H21ClN4O4. The van der Waals surface area contributed by atoms with Crippen LogP contribution in [0.2, 0.25) is 5.02 Å². The highest BCUT2D eigenvalue weighted by molar-refractivity contribution is 6.30. The van der Waals surface area contributed by atoms with Crippen molar-refractivity contribution in [3.63, 3.8) is 0 Å². The van der Waals surface area contributed by atoms with Crippen LogP contribution in [0.15, 0.2) is 47.0 Å². The number of benzene rings is 2. The third-order valence-electron chi connectivity index (χ3n) is 5.02. The van der Waals surface area contributed by atoms with Crippen molar-refractivity contribution in [2.24, 2.45) is 0 Å². The van der Waals surface area contributed by atoms with Gasteiger partial charge in [-0.1, -0.05) is 16.8 Å². The fourth-order valence-corrected chi connectivity index (χ4v) is 3.45.